The quantitative estimate of drug-likeness (QED) is 0.433. The molecule has 0 aliphatic heterocycles. The molecule has 23 heavy (non-hydrogen) atoms. The van der Waals surface area contributed by atoms with E-state index >= 15 is 0 Å². The van der Waals surface area contributed by atoms with Gasteiger partial charge in [0.1, 0.15) is 16.3 Å². The molecular weight excluding hydrogens is 316 g/mol. The molecule has 0 spiro atoms. The van der Waals surface area contributed by atoms with Gasteiger partial charge in [-0.25, -0.2) is 0 Å². The number of azo groups is 1. The number of pyridine rings is 1. The smallest absolute Gasteiger partial charge is 0.295 e. The normalized spacial score (nSPS) is 12.0. The van der Waals surface area contributed by atoms with Crippen molar-refractivity contribution in [1.82, 2.24) is 4.98 Å². The van der Waals surface area contributed by atoms with Gasteiger partial charge in [-0.3, -0.25) is 9.54 Å². The molecule has 3 aromatic rings. The number of nitrogens with two attached hydrogens (primary N) is 1. The van der Waals surface area contributed by atoms with Crippen molar-refractivity contribution in [3.63, 3.8) is 0 Å². The maximum atomic E-state index is 11.6. The third-order valence-electron chi connectivity index (χ3n) is 3.22. The minimum Gasteiger partial charge on any atom is -0.396 e. The highest BCUT2D eigenvalue weighted by atomic mass is 32.2. The van der Waals surface area contributed by atoms with Gasteiger partial charge in [0.25, 0.3) is 10.1 Å². The molecule has 1 heterocycles. The van der Waals surface area contributed by atoms with E-state index in [1.165, 1.54) is 12.3 Å². The number of nitrogens with zero attached hydrogens (tertiary/aromatic N) is 3. The largest absolute Gasteiger partial charge is 0.396 e. The Labute approximate surface area is 132 Å². The van der Waals surface area contributed by atoms with Crippen LogP contribution < -0.4 is 5.73 Å². The second kappa shape index (κ2) is 5.75. The maximum absolute atomic E-state index is 11.6. The zero-order valence-corrected chi connectivity index (χ0v) is 12.6. The molecule has 0 unspecified atom stereocenters. The lowest BCUT2D eigenvalue weighted by molar-refractivity contribution is 0.484. The van der Waals surface area contributed by atoms with Gasteiger partial charge in [0.15, 0.2) is 0 Å². The molecule has 0 aliphatic carbocycles. The van der Waals surface area contributed by atoms with Crippen molar-refractivity contribution in [1.29, 1.82) is 0 Å². The van der Waals surface area contributed by atoms with E-state index in [-0.39, 0.29) is 16.3 Å². The van der Waals surface area contributed by atoms with Gasteiger partial charge < -0.3 is 5.73 Å². The maximum Gasteiger partial charge on any atom is 0.295 e. The number of hydrogen-bond acceptors (Lipinski definition) is 6. The topological polar surface area (TPSA) is 118 Å². The Balaban J connectivity index is 2.22. The number of hydrogen-bond donors (Lipinski definition) is 2. The summed E-state index contributed by atoms with van der Waals surface area (Å²) in [6.45, 7) is 0. The second-order valence-electron chi connectivity index (χ2n) is 4.74. The molecule has 1 aromatic heterocycles. The molecule has 0 amide bonds. The van der Waals surface area contributed by atoms with Gasteiger partial charge in [0.05, 0.1) is 11.9 Å². The van der Waals surface area contributed by atoms with Gasteiger partial charge in [0, 0.05) is 17.0 Å². The molecule has 0 aliphatic rings. The molecule has 0 saturated heterocycles. The monoisotopic (exact) mass is 328 g/mol. The van der Waals surface area contributed by atoms with Gasteiger partial charge in [-0.15, -0.1) is 10.2 Å². The first-order valence-corrected chi connectivity index (χ1v) is 8.01. The van der Waals surface area contributed by atoms with Gasteiger partial charge in [-0.1, -0.05) is 24.3 Å². The SMILES string of the molecule is Nc1c(N=Nc2cccnc2)cc(S(=O)(=O)O)c2ccccc12. The van der Waals surface area contributed by atoms with E-state index in [0.29, 0.717) is 16.5 Å². The highest BCUT2D eigenvalue weighted by molar-refractivity contribution is 7.86. The van der Waals surface area contributed by atoms with E-state index in [1.54, 1.807) is 42.6 Å². The number of fused-ring (bicyclic) bond motifs is 1. The molecule has 0 atom stereocenters. The molecule has 8 heteroatoms. The highest BCUT2D eigenvalue weighted by Gasteiger charge is 2.18. The van der Waals surface area contributed by atoms with Crippen LogP contribution in [0.25, 0.3) is 10.8 Å². The summed E-state index contributed by atoms with van der Waals surface area (Å²) in [4.78, 5) is 3.64. The minimum absolute atomic E-state index is 0.153. The van der Waals surface area contributed by atoms with E-state index in [9.17, 15) is 13.0 Å². The van der Waals surface area contributed by atoms with Gasteiger partial charge in [-0.2, -0.15) is 8.42 Å². The Kier molecular flexibility index (Phi) is 3.77. The highest BCUT2D eigenvalue weighted by Crippen LogP contribution is 2.36. The van der Waals surface area contributed by atoms with Gasteiger partial charge in [-0.05, 0) is 18.2 Å². The van der Waals surface area contributed by atoms with E-state index in [0.717, 1.165) is 0 Å². The van der Waals surface area contributed by atoms with Crippen LogP contribution in [0.2, 0.25) is 0 Å². The van der Waals surface area contributed by atoms with E-state index in [4.69, 9.17) is 5.73 Å². The fraction of sp³-hybridized carbons (Fsp3) is 0. The van der Waals surface area contributed by atoms with Crippen molar-refractivity contribution in [2.45, 2.75) is 4.90 Å². The van der Waals surface area contributed by atoms with E-state index < -0.39 is 10.1 Å². The van der Waals surface area contributed by atoms with Gasteiger partial charge >= 0.3 is 0 Å². The molecule has 0 bridgehead atoms. The van der Waals surface area contributed by atoms with Crippen LogP contribution in [0.15, 0.2) is 70.0 Å². The summed E-state index contributed by atoms with van der Waals surface area (Å²) in [5, 5.41) is 8.76. The Morgan fingerprint density at radius 1 is 1.04 bits per heavy atom. The van der Waals surface area contributed by atoms with Crippen LogP contribution in [0.4, 0.5) is 17.1 Å². The number of anilines is 1. The number of benzene rings is 2. The fourth-order valence-electron chi connectivity index (χ4n) is 2.17. The van der Waals surface area contributed by atoms with Crippen molar-refractivity contribution >= 4 is 38.0 Å². The first kappa shape index (κ1) is 15.1. The summed E-state index contributed by atoms with van der Waals surface area (Å²) in [5.41, 5.74) is 6.97. The van der Waals surface area contributed by atoms with Crippen molar-refractivity contribution < 1.29 is 13.0 Å². The van der Waals surface area contributed by atoms with Crippen molar-refractivity contribution in [3.05, 3.63) is 54.9 Å². The first-order chi connectivity index (χ1) is 11.0. The minimum atomic E-state index is -4.42. The Morgan fingerprint density at radius 3 is 2.43 bits per heavy atom. The van der Waals surface area contributed by atoms with Crippen LogP contribution in [-0.4, -0.2) is 18.0 Å². The zero-order chi connectivity index (χ0) is 16.4. The van der Waals surface area contributed by atoms with Crippen LogP contribution in [-0.2, 0) is 10.1 Å². The van der Waals surface area contributed by atoms with Crippen molar-refractivity contribution in [3.8, 4) is 0 Å². The van der Waals surface area contributed by atoms with Crippen LogP contribution in [0.1, 0.15) is 0 Å². The molecule has 2 aromatic carbocycles. The number of aromatic nitrogens is 1. The van der Waals surface area contributed by atoms with Crippen molar-refractivity contribution in [2.75, 3.05) is 5.73 Å². The summed E-state index contributed by atoms with van der Waals surface area (Å²) >= 11 is 0. The number of rotatable bonds is 3. The van der Waals surface area contributed by atoms with E-state index in [1.807, 2.05) is 0 Å². The third-order valence-corrected chi connectivity index (χ3v) is 4.12. The lowest BCUT2D eigenvalue weighted by Gasteiger charge is -2.09. The van der Waals surface area contributed by atoms with Crippen LogP contribution >= 0.6 is 0 Å². The molecule has 7 nitrogen and oxygen atoms in total. The standard InChI is InChI=1S/C15H12N4O3S/c16-15-12-6-2-1-5-11(12)14(23(20,21)22)8-13(15)19-18-10-4-3-7-17-9-10/h1-9H,16H2,(H,20,21,22). The molecular formula is C15H12N4O3S. The van der Waals surface area contributed by atoms with Gasteiger partial charge in [0.2, 0.25) is 0 Å². The fourth-order valence-corrected chi connectivity index (χ4v) is 2.89. The first-order valence-electron chi connectivity index (χ1n) is 6.57. The van der Waals surface area contributed by atoms with Crippen LogP contribution in [0, 0.1) is 0 Å². The van der Waals surface area contributed by atoms with Crippen molar-refractivity contribution in [2.24, 2.45) is 10.2 Å². The summed E-state index contributed by atoms with van der Waals surface area (Å²) in [6, 6.07) is 11.2. The molecule has 3 rings (SSSR count). The molecule has 116 valence electrons. The summed E-state index contributed by atoms with van der Waals surface area (Å²) in [6.07, 6.45) is 3.10. The Morgan fingerprint density at radius 2 is 1.78 bits per heavy atom. The average Bonchev–Trinajstić information content (AvgIpc) is 2.54. The summed E-state index contributed by atoms with van der Waals surface area (Å²) < 4.78 is 32.7. The number of nitrogen functional groups attached to an aromatic ring is 1. The Bertz CT molecular complexity index is 1000. The predicted octanol–water partition coefficient (Wildman–Crippen LogP) is 3.48. The van der Waals surface area contributed by atoms with Crippen LogP contribution in [0.3, 0.4) is 0 Å². The molecule has 3 N–H and O–H groups in total. The van der Waals surface area contributed by atoms with Crippen LogP contribution in [0.5, 0.6) is 0 Å². The second-order valence-corrected chi connectivity index (χ2v) is 6.13. The zero-order valence-electron chi connectivity index (χ0n) is 11.8. The average molecular weight is 328 g/mol. The lowest BCUT2D eigenvalue weighted by atomic mass is 10.1. The summed E-state index contributed by atoms with van der Waals surface area (Å²) in [5.74, 6) is 0. The molecule has 0 saturated carbocycles. The predicted molar refractivity (Wildman–Crippen MR) is 86.6 cm³/mol. The molecule has 0 fully saturated rings. The third kappa shape index (κ3) is 3.03. The Hall–Kier alpha value is -2.84. The van der Waals surface area contributed by atoms with E-state index in [2.05, 4.69) is 15.2 Å². The molecule has 0 radical (unpaired) electrons. The lowest BCUT2D eigenvalue weighted by Crippen LogP contribution is -2.01. The summed E-state index contributed by atoms with van der Waals surface area (Å²) in [7, 11) is -4.42.